The number of nitrogens with zero attached hydrogens (tertiary/aromatic N) is 5. The summed E-state index contributed by atoms with van der Waals surface area (Å²) in [5, 5.41) is 47.2. The molecule has 1 aliphatic carbocycles. The smallest absolute Gasteiger partial charge is 0.270 e. The van der Waals surface area contributed by atoms with E-state index in [0.717, 1.165) is 6.07 Å². The Morgan fingerprint density at radius 2 is 1.59 bits per heavy atom. The van der Waals surface area contributed by atoms with Gasteiger partial charge in [0.1, 0.15) is 0 Å². The van der Waals surface area contributed by atoms with E-state index in [0.29, 0.717) is 0 Å². The molecule has 0 bridgehead atoms. The molecule has 0 atom stereocenters. The third-order valence-corrected chi connectivity index (χ3v) is 3.71. The maximum Gasteiger partial charge on any atom is 0.270 e. The second-order valence-corrected chi connectivity index (χ2v) is 4.67. The van der Waals surface area contributed by atoms with Crippen LogP contribution in [-0.4, -0.2) is 10.7 Å². The quantitative estimate of drug-likeness (QED) is 0.463. The minimum Gasteiger partial charge on any atom is -0.294 e. The molecule has 1 aliphatic rings. The second kappa shape index (κ2) is 4.66. The summed E-state index contributed by atoms with van der Waals surface area (Å²) in [6.07, 6.45) is 0. The molecule has 104 valence electrons. The van der Waals surface area contributed by atoms with Crippen molar-refractivity contribution in [1.82, 2.24) is 0 Å². The molecule has 0 aromatic heterocycles. The fourth-order valence-electron chi connectivity index (χ4n) is 2.47. The van der Waals surface area contributed by atoms with Gasteiger partial charge in [0, 0.05) is 17.7 Å². The maximum atomic E-state index is 12.4. The highest BCUT2D eigenvalue weighted by Crippen LogP contribution is 2.68. The van der Waals surface area contributed by atoms with Crippen LogP contribution in [0, 0.1) is 72.2 Å². The minimum atomic E-state index is -2.06. The Morgan fingerprint density at radius 1 is 1.09 bits per heavy atom. The number of nitriles is 4. The Labute approximate surface area is 124 Å². The van der Waals surface area contributed by atoms with Crippen LogP contribution in [-0.2, 0) is 0 Å². The first-order valence-corrected chi connectivity index (χ1v) is 5.87. The van der Waals surface area contributed by atoms with Crippen LogP contribution in [0.2, 0.25) is 0 Å². The normalized spacial score (nSPS) is 17.1. The van der Waals surface area contributed by atoms with Gasteiger partial charge in [-0.15, -0.1) is 0 Å². The lowest BCUT2D eigenvalue weighted by Crippen LogP contribution is -2.09. The van der Waals surface area contributed by atoms with Gasteiger partial charge in [0.05, 0.1) is 35.1 Å². The largest absolute Gasteiger partial charge is 0.294 e. The van der Waals surface area contributed by atoms with E-state index in [1.165, 1.54) is 18.2 Å². The van der Waals surface area contributed by atoms with Gasteiger partial charge in [-0.25, -0.2) is 0 Å². The molecule has 8 heteroatoms. The lowest BCUT2D eigenvalue weighted by molar-refractivity contribution is -0.384. The highest BCUT2D eigenvalue weighted by Gasteiger charge is 2.84. The van der Waals surface area contributed by atoms with Gasteiger partial charge in [-0.1, -0.05) is 12.1 Å². The summed E-state index contributed by atoms with van der Waals surface area (Å²) in [7, 11) is 0. The molecular weight excluding hydrogens is 286 g/mol. The van der Waals surface area contributed by atoms with E-state index in [-0.39, 0.29) is 11.3 Å². The van der Waals surface area contributed by atoms with Gasteiger partial charge in [-0.05, 0) is 0 Å². The van der Waals surface area contributed by atoms with Crippen LogP contribution in [0.15, 0.2) is 24.3 Å². The highest BCUT2D eigenvalue weighted by atomic mass is 16.6. The molecule has 0 N–H and O–H groups in total. The highest BCUT2D eigenvalue weighted by molar-refractivity contribution is 6.04. The van der Waals surface area contributed by atoms with E-state index in [4.69, 9.17) is 21.0 Å². The van der Waals surface area contributed by atoms with Crippen LogP contribution in [0.5, 0.6) is 0 Å². The number of hydrogen-bond acceptors (Lipinski definition) is 7. The molecule has 1 aromatic carbocycles. The molecule has 0 heterocycles. The number of rotatable bonds is 3. The fraction of sp³-hybridized carbons (Fsp3) is 0.214. The van der Waals surface area contributed by atoms with E-state index < -0.39 is 27.5 Å². The first-order valence-electron chi connectivity index (χ1n) is 5.87. The number of carbonyl (C=O) groups excluding carboxylic acids is 1. The Kier molecular flexibility index (Phi) is 3.11. The Balaban J connectivity index is 2.53. The van der Waals surface area contributed by atoms with Gasteiger partial charge in [0.15, 0.2) is 16.6 Å². The van der Waals surface area contributed by atoms with Crippen LogP contribution in [0.3, 0.4) is 0 Å². The molecule has 1 aromatic rings. The van der Waals surface area contributed by atoms with E-state index in [1.807, 2.05) is 0 Å². The van der Waals surface area contributed by atoms with Crippen molar-refractivity contribution in [2.24, 2.45) is 16.7 Å². The molecule has 1 fully saturated rings. The lowest BCUT2D eigenvalue weighted by Gasteiger charge is -1.99. The molecular formula is C14H5N5O3. The zero-order valence-electron chi connectivity index (χ0n) is 10.8. The Morgan fingerprint density at radius 3 is 2.00 bits per heavy atom. The van der Waals surface area contributed by atoms with Crippen LogP contribution in [0.1, 0.15) is 10.4 Å². The molecule has 0 spiro atoms. The van der Waals surface area contributed by atoms with Gasteiger partial charge in [0.25, 0.3) is 5.69 Å². The van der Waals surface area contributed by atoms with Gasteiger partial charge in [-0.2, -0.15) is 21.0 Å². The summed E-state index contributed by atoms with van der Waals surface area (Å²) in [5.74, 6) is -2.26. The minimum absolute atomic E-state index is 0.124. The van der Waals surface area contributed by atoms with Crippen molar-refractivity contribution >= 4 is 11.5 Å². The fourth-order valence-corrected chi connectivity index (χ4v) is 2.47. The first kappa shape index (κ1) is 14.7. The van der Waals surface area contributed by atoms with Gasteiger partial charge < -0.3 is 0 Å². The molecule has 22 heavy (non-hydrogen) atoms. The van der Waals surface area contributed by atoms with Crippen molar-refractivity contribution in [1.29, 1.82) is 21.0 Å². The average molecular weight is 291 g/mol. The average Bonchev–Trinajstić information content (AvgIpc) is 3.16. The number of carbonyl (C=O) groups is 1. The number of hydrogen-bond donors (Lipinski definition) is 0. The van der Waals surface area contributed by atoms with Crippen LogP contribution in [0.25, 0.3) is 0 Å². The van der Waals surface area contributed by atoms with Crippen molar-refractivity contribution in [3.63, 3.8) is 0 Å². The molecule has 0 amide bonds. The number of Topliss-reactive ketones (excluding diaryl/α,β-unsaturated/α-hetero) is 1. The maximum absolute atomic E-state index is 12.4. The molecule has 0 saturated heterocycles. The van der Waals surface area contributed by atoms with Crippen molar-refractivity contribution in [2.75, 3.05) is 0 Å². The van der Waals surface area contributed by atoms with Gasteiger partial charge in [-0.3, -0.25) is 14.9 Å². The van der Waals surface area contributed by atoms with Crippen molar-refractivity contribution in [2.45, 2.75) is 0 Å². The zero-order valence-corrected chi connectivity index (χ0v) is 10.8. The number of non-ortho nitro benzene ring substituents is 1. The van der Waals surface area contributed by atoms with Crippen molar-refractivity contribution in [3.05, 3.63) is 39.9 Å². The number of nitro benzene ring substituents is 1. The summed E-state index contributed by atoms with van der Waals surface area (Å²) in [6.45, 7) is 0. The molecule has 0 unspecified atom stereocenters. The third-order valence-electron chi connectivity index (χ3n) is 3.71. The number of ketones is 1. The number of nitro groups is 1. The van der Waals surface area contributed by atoms with E-state index in [1.54, 1.807) is 24.3 Å². The SMILES string of the molecule is N#CC1(C#N)C(C(=O)c2cccc([N+](=O)[O-])c2)C1(C#N)C#N. The zero-order chi connectivity index (χ0) is 16.5. The first-order chi connectivity index (χ1) is 10.4. The predicted octanol–water partition coefficient (Wildman–Crippen LogP) is 1.47. The summed E-state index contributed by atoms with van der Waals surface area (Å²) in [5.41, 5.74) is -4.58. The molecule has 1 saturated carbocycles. The number of benzene rings is 1. The summed E-state index contributed by atoms with van der Waals surface area (Å²) < 4.78 is 0. The van der Waals surface area contributed by atoms with E-state index in [2.05, 4.69) is 0 Å². The topological polar surface area (TPSA) is 155 Å². The Bertz CT molecular complexity index is 796. The van der Waals surface area contributed by atoms with Crippen LogP contribution in [0.4, 0.5) is 5.69 Å². The molecule has 0 aliphatic heterocycles. The van der Waals surface area contributed by atoms with Crippen molar-refractivity contribution in [3.8, 4) is 24.3 Å². The summed E-state index contributed by atoms with van der Waals surface area (Å²) in [4.78, 5) is 22.4. The Hall–Kier alpha value is -3.75. The summed E-state index contributed by atoms with van der Waals surface area (Å²) >= 11 is 0. The van der Waals surface area contributed by atoms with E-state index in [9.17, 15) is 14.9 Å². The molecule has 2 rings (SSSR count). The van der Waals surface area contributed by atoms with Crippen LogP contribution < -0.4 is 0 Å². The van der Waals surface area contributed by atoms with E-state index >= 15 is 0 Å². The van der Waals surface area contributed by atoms with Gasteiger partial charge in [0.2, 0.25) is 0 Å². The molecule has 8 nitrogen and oxygen atoms in total. The standard InChI is InChI=1S/C14H5N5O3/c15-5-13(6-16)12(14(13,7-17)8-18)11(20)9-2-1-3-10(4-9)19(21)22/h1-4,12H. The molecule has 0 radical (unpaired) electrons. The van der Waals surface area contributed by atoms with Crippen LogP contribution >= 0.6 is 0 Å². The monoisotopic (exact) mass is 291 g/mol. The predicted molar refractivity (Wildman–Crippen MR) is 68.2 cm³/mol. The summed E-state index contributed by atoms with van der Waals surface area (Å²) in [6, 6.07) is 11.0. The lowest BCUT2D eigenvalue weighted by atomic mass is 9.98. The van der Waals surface area contributed by atoms with Gasteiger partial charge >= 0.3 is 0 Å². The second-order valence-electron chi connectivity index (χ2n) is 4.67. The van der Waals surface area contributed by atoms with Crippen molar-refractivity contribution < 1.29 is 9.72 Å². The third kappa shape index (κ3) is 1.56.